The maximum Gasteiger partial charge on any atom is 0.405 e. The van der Waals surface area contributed by atoms with Gasteiger partial charge < -0.3 is 35.7 Å². The van der Waals surface area contributed by atoms with Gasteiger partial charge in [0.1, 0.15) is 29.5 Å². The number of nitrogens with one attached hydrogen (secondary N) is 3. The van der Waals surface area contributed by atoms with Crippen LogP contribution in [0, 0.1) is 12.8 Å². The van der Waals surface area contributed by atoms with Crippen LogP contribution in [0.15, 0.2) is 22.6 Å². The van der Waals surface area contributed by atoms with Gasteiger partial charge in [0.05, 0.1) is 17.8 Å². The van der Waals surface area contributed by atoms with Crippen LogP contribution >= 0.6 is 0 Å². The van der Waals surface area contributed by atoms with Crippen molar-refractivity contribution in [3.63, 3.8) is 0 Å². The lowest BCUT2D eigenvalue weighted by Crippen LogP contribution is -2.36. The average molecular weight is 482 g/mol. The molecule has 4 rings (SSSR count). The zero-order valence-electron chi connectivity index (χ0n) is 18.4. The summed E-state index contributed by atoms with van der Waals surface area (Å²) < 4.78 is 44.0. The first-order valence-corrected chi connectivity index (χ1v) is 10.6. The number of hydrogen-bond donors (Lipinski definition) is 6. The fraction of sp³-hybridized carbons (Fsp3) is 0.476. The van der Waals surface area contributed by atoms with Gasteiger partial charge in [0.15, 0.2) is 5.58 Å². The maximum absolute atomic E-state index is 12.7. The molecule has 6 N–H and O–H groups in total. The van der Waals surface area contributed by atoms with Crippen molar-refractivity contribution in [1.29, 1.82) is 0 Å². The minimum Gasteiger partial charge on any atom is -0.436 e. The fourth-order valence-corrected chi connectivity index (χ4v) is 4.01. The van der Waals surface area contributed by atoms with Crippen LogP contribution in [0.2, 0.25) is 0 Å². The van der Waals surface area contributed by atoms with E-state index in [9.17, 15) is 28.5 Å². The minimum atomic E-state index is -4.48. The Morgan fingerprint density at radius 2 is 1.91 bits per heavy atom. The van der Waals surface area contributed by atoms with Gasteiger partial charge in [-0.2, -0.15) is 18.2 Å². The van der Waals surface area contributed by atoms with Gasteiger partial charge in [-0.15, -0.1) is 0 Å². The van der Waals surface area contributed by atoms with Crippen molar-refractivity contribution in [3.8, 4) is 11.5 Å². The number of nitrogens with zero attached hydrogens (tertiary/aromatic N) is 3. The lowest BCUT2D eigenvalue weighted by atomic mass is 10.1. The Balaban J connectivity index is 1.75. The van der Waals surface area contributed by atoms with Crippen molar-refractivity contribution in [2.45, 2.75) is 37.8 Å². The molecule has 1 fully saturated rings. The first-order chi connectivity index (χ1) is 16.1. The lowest BCUT2D eigenvalue weighted by Gasteiger charge is -2.21. The number of alkyl halides is 3. The van der Waals surface area contributed by atoms with Crippen molar-refractivity contribution in [2.75, 3.05) is 36.1 Å². The number of halogens is 3. The van der Waals surface area contributed by atoms with Gasteiger partial charge in [-0.25, -0.2) is 9.97 Å². The molecule has 34 heavy (non-hydrogen) atoms. The molecule has 1 aliphatic rings. The summed E-state index contributed by atoms with van der Waals surface area (Å²) in [6.45, 7) is -0.0903. The second-order valence-corrected chi connectivity index (χ2v) is 8.19. The molecule has 184 valence electrons. The fourth-order valence-electron chi connectivity index (χ4n) is 4.01. The molecule has 3 aromatic rings. The highest BCUT2D eigenvalue weighted by atomic mass is 19.4. The number of aliphatic hydroxyl groups excluding tert-OH is 3. The van der Waals surface area contributed by atoms with E-state index in [1.165, 1.54) is 0 Å². The molecular formula is C21H25F3N6O4. The van der Waals surface area contributed by atoms with Gasteiger partial charge in [0.25, 0.3) is 0 Å². The Kier molecular flexibility index (Phi) is 6.51. The van der Waals surface area contributed by atoms with Crippen molar-refractivity contribution in [3.05, 3.63) is 23.9 Å². The molecule has 0 unspecified atom stereocenters. The number of hydrogen-bond acceptors (Lipinski definition) is 10. The molecule has 0 bridgehead atoms. The molecule has 13 heteroatoms. The third kappa shape index (κ3) is 4.86. The van der Waals surface area contributed by atoms with Crippen LogP contribution in [-0.2, 0) is 0 Å². The van der Waals surface area contributed by atoms with Crippen molar-refractivity contribution in [2.24, 2.45) is 5.92 Å². The highest BCUT2D eigenvalue weighted by molar-refractivity contribution is 5.82. The molecule has 0 spiro atoms. The highest BCUT2D eigenvalue weighted by Crippen LogP contribution is 2.36. The molecule has 0 saturated heterocycles. The molecule has 1 aliphatic carbocycles. The van der Waals surface area contributed by atoms with Crippen LogP contribution in [0.3, 0.4) is 0 Å². The number of fused-ring (bicyclic) bond motifs is 1. The first-order valence-electron chi connectivity index (χ1n) is 10.6. The number of benzene rings is 1. The summed E-state index contributed by atoms with van der Waals surface area (Å²) in [6, 6.07) is 4.57. The third-order valence-electron chi connectivity index (χ3n) is 5.79. The molecule has 0 amide bonds. The van der Waals surface area contributed by atoms with Gasteiger partial charge in [-0.05, 0) is 31.5 Å². The van der Waals surface area contributed by atoms with E-state index < -0.39 is 36.9 Å². The topological polar surface area (TPSA) is 149 Å². The smallest absolute Gasteiger partial charge is 0.405 e. The number of aliphatic hydroxyl groups is 3. The molecular weight excluding hydrogens is 457 g/mol. The Morgan fingerprint density at radius 1 is 1.15 bits per heavy atom. The van der Waals surface area contributed by atoms with Gasteiger partial charge in [0.2, 0.25) is 11.8 Å². The summed E-state index contributed by atoms with van der Waals surface area (Å²) in [5, 5.41) is 38.2. The number of anilines is 3. The van der Waals surface area contributed by atoms with E-state index in [0.29, 0.717) is 16.7 Å². The van der Waals surface area contributed by atoms with Gasteiger partial charge in [0, 0.05) is 25.3 Å². The quantitative estimate of drug-likeness (QED) is 0.296. The van der Waals surface area contributed by atoms with Crippen molar-refractivity contribution >= 4 is 28.6 Å². The largest absolute Gasteiger partial charge is 0.436 e. The molecule has 0 aliphatic heterocycles. The highest BCUT2D eigenvalue weighted by Gasteiger charge is 2.41. The van der Waals surface area contributed by atoms with E-state index in [4.69, 9.17) is 4.42 Å². The summed E-state index contributed by atoms with van der Waals surface area (Å²) >= 11 is 0. The summed E-state index contributed by atoms with van der Waals surface area (Å²) in [6.07, 6.45) is -6.66. The molecule has 1 aromatic carbocycles. The third-order valence-corrected chi connectivity index (χ3v) is 5.79. The van der Waals surface area contributed by atoms with Crippen LogP contribution in [-0.4, -0.2) is 74.9 Å². The Hall–Kier alpha value is -3.16. The second kappa shape index (κ2) is 9.24. The van der Waals surface area contributed by atoms with Gasteiger partial charge in [-0.1, -0.05) is 0 Å². The molecule has 2 heterocycles. The van der Waals surface area contributed by atoms with Gasteiger partial charge in [-0.3, -0.25) is 0 Å². The van der Waals surface area contributed by atoms with E-state index in [-0.39, 0.29) is 36.4 Å². The van der Waals surface area contributed by atoms with Crippen LogP contribution in [0.4, 0.5) is 30.6 Å². The van der Waals surface area contributed by atoms with E-state index in [0.717, 1.165) is 5.69 Å². The summed E-state index contributed by atoms with van der Waals surface area (Å²) in [4.78, 5) is 12.8. The lowest BCUT2D eigenvalue weighted by molar-refractivity contribution is -0.115. The number of rotatable bonds is 7. The Morgan fingerprint density at radius 3 is 2.56 bits per heavy atom. The number of aryl methyl sites for hydroxylation is 1. The Bertz CT molecular complexity index is 1170. The normalized spacial score (nSPS) is 22.8. The summed E-state index contributed by atoms with van der Waals surface area (Å²) in [7, 11) is 1.76. The molecule has 0 radical (unpaired) electrons. The minimum absolute atomic E-state index is 0.0763. The predicted octanol–water partition coefficient (Wildman–Crippen LogP) is 2.12. The molecule has 4 atom stereocenters. The number of aromatic nitrogens is 3. The number of oxazole rings is 1. The van der Waals surface area contributed by atoms with E-state index >= 15 is 0 Å². The van der Waals surface area contributed by atoms with Crippen LogP contribution in [0.5, 0.6) is 0 Å². The van der Waals surface area contributed by atoms with Crippen LogP contribution in [0.25, 0.3) is 22.6 Å². The Labute approximate surface area is 192 Å². The maximum atomic E-state index is 12.7. The first kappa shape index (κ1) is 24.0. The predicted molar refractivity (Wildman–Crippen MR) is 118 cm³/mol. The molecule has 10 nitrogen and oxygen atoms in total. The SMILES string of the molecule is CNc1ccc2oc(-c3c(C)nc(NCC(F)(F)F)nc3N[C@@H]3C[C@H](CO)[C@@H](O)[C@H]3O)nc2c1. The van der Waals surface area contributed by atoms with Crippen molar-refractivity contribution in [1.82, 2.24) is 15.0 Å². The zero-order valence-corrected chi connectivity index (χ0v) is 18.4. The second-order valence-electron chi connectivity index (χ2n) is 8.19. The zero-order chi connectivity index (χ0) is 24.6. The summed E-state index contributed by atoms with van der Waals surface area (Å²) in [5.74, 6) is -0.628. The van der Waals surface area contributed by atoms with Crippen molar-refractivity contribution < 1.29 is 32.9 Å². The average Bonchev–Trinajstić information content (AvgIpc) is 3.32. The summed E-state index contributed by atoms with van der Waals surface area (Å²) in [5.41, 5.74) is 2.42. The standard InChI is InChI=1S/C21H25F3N6O4/c1-9-15(19-29-12-6-11(25-2)3-4-14(12)34-19)18(30-20(27-9)26-8-21(22,23)24)28-13-5-10(7-31)16(32)17(13)33/h3-4,6,10,13,16-17,25,31-33H,5,7-8H2,1-2H3,(H2,26,27,28,30)/t10-,13-,16-,17+/m1/s1. The van der Waals surface area contributed by atoms with E-state index in [1.54, 1.807) is 32.2 Å². The monoisotopic (exact) mass is 482 g/mol. The van der Waals surface area contributed by atoms with Gasteiger partial charge >= 0.3 is 6.18 Å². The van der Waals surface area contributed by atoms with Crippen LogP contribution in [0.1, 0.15) is 12.1 Å². The van der Waals surface area contributed by atoms with E-state index in [2.05, 4.69) is 30.9 Å². The van der Waals surface area contributed by atoms with Crippen LogP contribution < -0.4 is 16.0 Å². The molecule has 1 saturated carbocycles. The van der Waals surface area contributed by atoms with E-state index in [1.807, 2.05) is 0 Å². The molecule has 2 aromatic heterocycles.